The zero-order valence-electron chi connectivity index (χ0n) is 41.5. The summed E-state index contributed by atoms with van der Waals surface area (Å²) >= 11 is 0. The zero-order valence-corrected chi connectivity index (χ0v) is 45.1. The molecule has 2 aromatic rings. The van der Waals surface area contributed by atoms with Crippen LogP contribution < -0.4 is 0 Å². The van der Waals surface area contributed by atoms with Crippen molar-refractivity contribution in [1.29, 1.82) is 0 Å². The Bertz CT molecular complexity index is 1680. The molecular weight excluding hydrogens is 964 g/mol. The summed E-state index contributed by atoms with van der Waals surface area (Å²) in [6.45, 7) is 4.01. The number of benzene rings is 2. The fourth-order valence-corrected chi connectivity index (χ4v) is 11.5. The van der Waals surface area contributed by atoms with Gasteiger partial charge in [-0.1, -0.05) is 164 Å². The SMILES string of the molecule is CCCCCCCCCCOP(=O)(OCCCCCCCCCC)OC1[C@@H](OP(=O)(OC)OC)[C@H](OCc2ccccc2)C(OP(=O)(OC)OC)[C@H](OCc2ccccc2)[C@H]1OP(=O)(OC)OC. The first-order chi connectivity index (χ1) is 32.8. The lowest BCUT2D eigenvalue weighted by molar-refractivity contribution is -0.239. The van der Waals surface area contributed by atoms with Gasteiger partial charge in [0.1, 0.15) is 36.6 Å². The molecule has 0 saturated heterocycles. The maximum atomic E-state index is 15.3. The first kappa shape index (κ1) is 61.1. The predicted molar refractivity (Wildman–Crippen MR) is 259 cm³/mol. The Morgan fingerprint density at radius 2 is 0.618 bits per heavy atom. The summed E-state index contributed by atoms with van der Waals surface area (Å²) in [6.07, 6.45) is 5.69. The molecule has 1 fully saturated rings. The van der Waals surface area contributed by atoms with E-state index in [2.05, 4.69) is 13.8 Å². The van der Waals surface area contributed by atoms with Gasteiger partial charge in [-0.05, 0) is 24.0 Å². The summed E-state index contributed by atoms with van der Waals surface area (Å²) in [5, 5.41) is 0. The van der Waals surface area contributed by atoms with E-state index in [9.17, 15) is 13.7 Å². The maximum absolute atomic E-state index is 15.3. The van der Waals surface area contributed by atoms with Crippen LogP contribution in [0.4, 0.5) is 0 Å². The van der Waals surface area contributed by atoms with Crippen LogP contribution in [0.2, 0.25) is 0 Å². The molecule has 2 aromatic carbocycles. The Hall–Kier alpha value is -1.20. The molecule has 1 saturated carbocycles. The highest BCUT2D eigenvalue weighted by Crippen LogP contribution is 2.61. The van der Waals surface area contributed by atoms with Gasteiger partial charge in [-0.25, -0.2) is 18.3 Å². The zero-order chi connectivity index (χ0) is 49.7. The van der Waals surface area contributed by atoms with Crippen molar-refractivity contribution < 1.29 is 82.0 Å². The normalized spacial score (nSPS) is 20.5. The molecule has 0 heterocycles. The summed E-state index contributed by atoms with van der Waals surface area (Å²) in [7, 11) is -11.8. The Morgan fingerprint density at radius 3 is 0.926 bits per heavy atom. The molecule has 1 aliphatic rings. The molecule has 3 rings (SSSR count). The summed E-state index contributed by atoms with van der Waals surface area (Å²) < 4.78 is 140. The number of phosphoric acid groups is 4. The van der Waals surface area contributed by atoms with E-state index in [-0.39, 0.29) is 26.4 Å². The van der Waals surface area contributed by atoms with Gasteiger partial charge in [0.25, 0.3) is 0 Å². The molecular formula is C46H80O18P4. The van der Waals surface area contributed by atoms with E-state index in [1.807, 2.05) is 12.1 Å². The first-order valence-corrected chi connectivity index (χ1v) is 29.7. The number of ether oxygens (including phenoxy) is 2. The lowest BCUT2D eigenvalue weighted by Gasteiger charge is -2.49. The Labute approximate surface area is 406 Å². The molecule has 22 heteroatoms. The summed E-state index contributed by atoms with van der Waals surface area (Å²) in [4.78, 5) is 0. The second-order valence-electron chi connectivity index (χ2n) is 16.3. The minimum Gasteiger partial charge on any atom is -0.368 e. The van der Waals surface area contributed by atoms with Gasteiger partial charge in [-0.3, -0.25) is 54.3 Å². The molecule has 2 unspecified atom stereocenters. The molecule has 0 aromatic heterocycles. The average molecular weight is 1050 g/mol. The molecule has 0 radical (unpaired) electrons. The Balaban J connectivity index is 2.25. The Morgan fingerprint density at radius 1 is 0.353 bits per heavy atom. The van der Waals surface area contributed by atoms with E-state index < -0.39 is 67.9 Å². The van der Waals surface area contributed by atoms with Gasteiger partial charge in [0.2, 0.25) is 0 Å². The van der Waals surface area contributed by atoms with Gasteiger partial charge >= 0.3 is 31.3 Å². The van der Waals surface area contributed by atoms with E-state index in [1.165, 1.54) is 25.7 Å². The largest absolute Gasteiger partial charge is 0.475 e. The molecule has 392 valence electrons. The minimum atomic E-state index is -4.71. The van der Waals surface area contributed by atoms with Crippen LogP contribution in [-0.2, 0) is 95.2 Å². The molecule has 0 aliphatic heterocycles. The Kier molecular flexibility index (Phi) is 30.1. The maximum Gasteiger partial charge on any atom is 0.475 e. The number of rotatable bonds is 40. The molecule has 0 bridgehead atoms. The van der Waals surface area contributed by atoms with E-state index in [0.717, 1.165) is 107 Å². The quantitative estimate of drug-likeness (QED) is 0.0451. The van der Waals surface area contributed by atoms with Gasteiger partial charge in [-0.15, -0.1) is 0 Å². The van der Waals surface area contributed by atoms with Crippen LogP contribution in [0.15, 0.2) is 60.7 Å². The van der Waals surface area contributed by atoms with E-state index in [1.54, 1.807) is 48.5 Å². The third-order valence-electron chi connectivity index (χ3n) is 11.4. The van der Waals surface area contributed by atoms with Crippen molar-refractivity contribution in [2.75, 3.05) is 55.9 Å². The summed E-state index contributed by atoms with van der Waals surface area (Å²) in [5.41, 5.74) is 1.34. The highest BCUT2D eigenvalue weighted by atomic mass is 31.2. The van der Waals surface area contributed by atoms with Crippen molar-refractivity contribution >= 4 is 31.3 Å². The number of hydrogen-bond donors (Lipinski definition) is 0. The van der Waals surface area contributed by atoms with Crippen molar-refractivity contribution in [3.63, 3.8) is 0 Å². The average Bonchev–Trinajstić information content (AvgIpc) is 3.36. The third kappa shape index (κ3) is 21.5. The fourth-order valence-electron chi connectivity index (χ4n) is 7.52. The van der Waals surface area contributed by atoms with Crippen molar-refractivity contribution in [3.8, 4) is 0 Å². The molecule has 18 nitrogen and oxygen atoms in total. The van der Waals surface area contributed by atoms with Gasteiger partial charge < -0.3 is 9.47 Å². The highest BCUT2D eigenvalue weighted by Gasteiger charge is 2.62. The topological polar surface area (TPSA) is 197 Å². The van der Waals surface area contributed by atoms with E-state index >= 15 is 4.57 Å². The van der Waals surface area contributed by atoms with Gasteiger partial charge in [-0.2, -0.15) is 0 Å². The van der Waals surface area contributed by atoms with Crippen LogP contribution in [0.1, 0.15) is 128 Å². The van der Waals surface area contributed by atoms with Crippen LogP contribution in [0.5, 0.6) is 0 Å². The molecule has 0 spiro atoms. The number of hydrogen-bond acceptors (Lipinski definition) is 18. The highest BCUT2D eigenvalue weighted by molar-refractivity contribution is 7.49. The second-order valence-corrected chi connectivity index (χ2v) is 23.4. The first-order valence-electron chi connectivity index (χ1n) is 23.9. The summed E-state index contributed by atoms with van der Waals surface area (Å²) in [6, 6.07) is 18.0. The molecule has 6 atom stereocenters. The second kappa shape index (κ2) is 33.5. The van der Waals surface area contributed by atoms with Crippen LogP contribution in [-0.4, -0.2) is 92.5 Å². The van der Waals surface area contributed by atoms with Crippen LogP contribution >= 0.6 is 31.3 Å². The number of phosphoric ester groups is 4. The van der Waals surface area contributed by atoms with Crippen molar-refractivity contribution in [1.82, 2.24) is 0 Å². The van der Waals surface area contributed by atoms with Gasteiger partial charge in [0, 0.05) is 42.7 Å². The van der Waals surface area contributed by atoms with E-state index in [4.69, 9.17) is 63.8 Å². The molecule has 68 heavy (non-hydrogen) atoms. The van der Waals surface area contributed by atoms with E-state index in [0.29, 0.717) is 24.0 Å². The lowest BCUT2D eigenvalue weighted by Crippen LogP contribution is -2.66. The monoisotopic (exact) mass is 1040 g/mol. The standard InChI is InChI=1S/C46H80O18P4/c1-9-11-13-15-17-19-21-29-35-59-68(50,60-36-30-22-20-18-16-14-12-10-2)64-46-44(62-66(48,53-5)54-6)41(57-37-39-31-25-23-26-32-39)43(61-65(47,51-3)52-4)42(45(46)63-67(49,55-7)56-8)58-38-40-33-27-24-28-34-40/h23-28,31-34,41-46H,9-22,29-30,35-38H2,1-8H3/t41-,42+,43?,44+,45-,46?. The van der Waals surface area contributed by atoms with Crippen LogP contribution in [0.3, 0.4) is 0 Å². The summed E-state index contributed by atoms with van der Waals surface area (Å²) in [5.74, 6) is 0. The van der Waals surface area contributed by atoms with Crippen molar-refractivity contribution in [2.45, 2.75) is 166 Å². The number of unbranched alkanes of at least 4 members (excludes halogenated alkanes) is 14. The van der Waals surface area contributed by atoms with Gasteiger partial charge in [0.05, 0.1) is 26.4 Å². The van der Waals surface area contributed by atoms with Gasteiger partial charge in [0.15, 0.2) is 0 Å². The van der Waals surface area contributed by atoms with Crippen LogP contribution in [0.25, 0.3) is 0 Å². The van der Waals surface area contributed by atoms with Crippen LogP contribution in [0, 0.1) is 0 Å². The predicted octanol–water partition coefficient (Wildman–Crippen LogP) is 13.3. The van der Waals surface area contributed by atoms with Crippen molar-refractivity contribution in [3.05, 3.63) is 71.8 Å². The smallest absolute Gasteiger partial charge is 0.368 e. The minimum absolute atomic E-state index is 0.0187. The van der Waals surface area contributed by atoms with Crippen molar-refractivity contribution in [2.24, 2.45) is 0 Å². The lowest BCUT2D eigenvalue weighted by atomic mass is 9.84. The fraction of sp³-hybridized carbons (Fsp3) is 0.739. The molecule has 0 N–H and O–H groups in total. The third-order valence-corrected chi connectivity index (χ3v) is 17.0. The molecule has 1 aliphatic carbocycles. The molecule has 0 amide bonds.